The molecule has 2 N–H and O–H groups in total. The minimum Gasteiger partial charge on any atom is -0.325 e. The Morgan fingerprint density at radius 2 is 1.90 bits per heavy atom. The molecule has 0 spiro atoms. The number of halogens is 1. The average molecular weight is 145 g/mol. The van der Waals surface area contributed by atoms with Crippen molar-refractivity contribution in [3.63, 3.8) is 0 Å². The molecule has 0 heterocycles. The van der Waals surface area contributed by atoms with Gasteiger partial charge in [0.25, 0.3) is 0 Å². The highest BCUT2D eigenvalue weighted by atomic mass is 19.1. The summed E-state index contributed by atoms with van der Waals surface area (Å²) >= 11 is 0. The van der Waals surface area contributed by atoms with E-state index in [1.807, 2.05) is 6.92 Å². The van der Waals surface area contributed by atoms with E-state index in [2.05, 4.69) is 6.92 Å². The van der Waals surface area contributed by atoms with Gasteiger partial charge in [-0.2, -0.15) is 0 Å². The lowest BCUT2D eigenvalue weighted by atomic mass is 9.79. The number of nitrogens with two attached hydrogens (primary N) is 1. The van der Waals surface area contributed by atoms with E-state index in [9.17, 15) is 4.39 Å². The molecule has 2 heteroatoms. The van der Waals surface area contributed by atoms with Gasteiger partial charge in [0.1, 0.15) is 6.17 Å². The Balaban J connectivity index is 2.49. The zero-order valence-electron chi connectivity index (χ0n) is 6.68. The summed E-state index contributed by atoms with van der Waals surface area (Å²) in [5, 5.41) is 0. The molecule has 0 unspecified atom stereocenters. The van der Waals surface area contributed by atoms with Crippen LogP contribution in [0.15, 0.2) is 0 Å². The van der Waals surface area contributed by atoms with Gasteiger partial charge in [-0.25, -0.2) is 4.39 Å². The minimum atomic E-state index is -0.767. The van der Waals surface area contributed by atoms with Crippen molar-refractivity contribution in [2.24, 2.45) is 17.6 Å². The predicted octanol–water partition coefficient (Wildman–Crippen LogP) is 1.72. The lowest BCUT2D eigenvalue weighted by molar-refractivity contribution is 0.122. The zero-order chi connectivity index (χ0) is 7.72. The highest BCUT2D eigenvalue weighted by molar-refractivity contribution is 4.85. The van der Waals surface area contributed by atoms with Crippen molar-refractivity contribution in [1.29, 1.82) is 0 Å². The van der Waals surface area contributed by atoms with Crippen LogP contribution in [-0.4, -0.2) is 12.2 Å². The largest absolute Gasteiger partial charge is 0.325 e. The van der Waals surface area contributed by atoms with Crippen molar-refractivity contribution in [3.8, 4) is 0 Å². The second kappa shape index (κ2) is 2.87. The van der Waals surface area contributed by atoms with E-state index in [0.29, 0.717) is 5.92 Å². The number of alkyl halides is 1. The van der Waals surface area contributed by atoms with E-state index in [1.165, 1.54) is 0 Å². The molecule has 1 aliphatic rings. The van der Waals surface area contributed by atoms with E-state index in [1.54, 1.807) is 0 Å². The molecule has 4 atom stereocenters. The van der Waals surface area contributed by atoms with Gasteiger partial charge in [0.05, 0.1) is 0 Å². The molecular formula is C8H16FN. The summed E-state index contributed by atoms with van der Waals surface area (Å²) in [5.41, 5.74) is 5.58. The quantitative estimate of drug-likeness (QED) is 0.552. The molecule has 0 bridgehead atoms. The van der Waals surface area contributed by atoms with Gasteiger partial charge in [0.15, 0.2) is 0 Å². The van der Waals surface area contributed by atoms with Gasteiger partial charge in [-0.1, -0.05) is 13.8 Å². The van der Waals surface area contributed by atoms with Crippen LogP contribution < -0.4 is 5.73 Å². The number of hydrogen-bond acceptors (Lipinski definition) is 1. The number of rotatable bonds is 0. The van der Waals surface area contributed by atoms with Crippen LogP contribution in [0.1, 0.15) is 26.7 Å². The Morgan fingerprint density at radius 1 is 1.30 bits per heavy atom. The topological polar surface area (TPSA) is 26.0 Å². The molecule has 0 aliphatic heterocycles. The molecule has 0 amide bonds. The van der Waals surface area contributed by atoms with Crippen LogP contribution in [0, 0.1) is 11.8 Å². The first kappa shape index (κ1) is 7.99. The second-order valence-corrected chi connectivity index (χ2v) is 3.66. The maximum atomic E-state index is 13.0. The van der Waals surface area contributed by atoms with Crippen molar-refractivity contribution in [3.05, 3.63) is 0 Å². The van der Waals surface area contributed by atoms with E-state index >= 15 is 0 Å². The van der Waals surface area contributed by atoms with Gasteiger partial charge in [-0.05, 0) is 24.7 Å². The molecule has 0 saturated heterocycles. The molecule has 1 aliphatic carbocycles. The van der Waals surface area contributed by atoms with Crippen molar-refractivity contribution in [2.75, 3.05) is 0 Å². The third-order valence-corrected chi connectivity index (χ3v) is 2.40. The highest BCUT2D eigenvalue weighted by Crippen LogP contribution is 2.29. The van der Waals surface area contributed by atoms with E-state index in [0.717, 1.165) is 12.8 Å². The molecule has 0 aromatic rings. The molecule has 1 nitrogen and oxygen atoms in total. The van der Waals surface area contributed by atoms with Crippen molar-refractivity contribution in [2.45, 2.75) is 38.9 Å². The second-order valence-electron chi connectivity index (χ2n) is 3.66. The lowest BCUT2D eigenvalue weighted by Crippen LogP contribution is -2.42. The molecule has 1 rings (SSSR count). The van der Waals surface area contributed by atoms with Crippen LogP contribution in [0.3, 0.4) is 0 Å². The molecule has 60 valence electrons. The first-order valence-corrected chi connectivity index (χ1v) is 4.01. The third kappa shape index (κ3) is 1.48. The Morgan fingerprint density at radius 3 is 2.40 bits per heavy atom. The molecule has 0 radical (unpaired) electrons. The SMILES string of the molecule is C[C@H]1C[C@@H](N)[C@@H](F)[C@@H](C)C1. The van der Waals surface area contributed by atoms with Gasteiger partial charge in [0, 0.05) is 6.04 Å². The monoisotopic (exact) mass is 145 g/mol. The Labute approximate surface area is 61.8 Å². The molecule has 1 fully saturated rings. The molecule has 10 heavy (non-hydrogen) atoms. The molecule has 1 saturated carbocycles. The summed E-state index contributed by atoms with van der Waals surface area (Å²) < 4.78 is 13.0. The van der Waals surface area contributed by atoms with Crippen LogP contribution in [0.5, 0.6) is 0 Å². The van der Waals surface area contributed by atoms with Crippen molar-refractivity contribution < 1.29 is 4.39 Å². The zero-order valence-corrected chi connectivity index (χ0v) is 6.68. The molecule has 0 aromatic carbocycles. The smallest absolute Gasteiger partial charge is 0.118 e. The summed E-state index contributed by atoms with van der Waals surface area (Å²) in [6.07, 6.45) is 1.08. The summed E-state index contributed by atoms with van der Waals surface area (Å²) in [4.78, 5) is 0. The third-order valence-electron chi connectivity index (χ3n) is 2.40. The van der Waals surface area contributed by atoms with Crippen LogP contribution >= 0.6 is 0 Å². The van der Waals surface area contributed by atoms with Gasteiger partial charge in [-0.3, -0.25) is 0 Å². The van der Waals surface area contributed by atoms with Gasteiger partial charge < -0.3 is 5.73 Å². The standard InChI is InChI=1S/C8H16FN/c1-5-3-6(2)8(9)7(10)4-5/h5-8H,3-4,10H2,1-2H3/t5-,6+,7-,8+/m1/s1. The van der Waals surface area contributed by atoms with Crippen LogP contribution in [0.25, 0.3) is 0 Å². The lowest BCUT2D eigenvalue weighted by Gasteiger charge is -2.32. The summed E-state index contributed by atoms with van der Waals surface area (Å²) in [6.45, 7) is 4.09. The van der Waals surface area contributed by atoms with Crippen LogP contribution in [0.2, 0.25) is 0 Å². The van der Waals surface area contributed by atoms with Crippen LogP contribution in [0.4, 0.5) is 4.39 Å². The maximum Gasteiger partial charge on any atom is 0.118 e. The first-order valence-electron chi connectivity index (χ1n) is 4.01. The fourth-order valence-corrected chi connectivity index (χ4v) is 1.88. The Kier molecular flexibility index (Phi) is 2.29. The summed E-state index contributed by atoms with van der Waals surface area (Å²) in [7, 11) is 0. The Hall–Kier alpha value is -0.110. The minimum absolute atomic E-state index is 0.166. The fraction of sp³-hybridized carbons (Fsp3) is 1.00. The van der Waals surface area contributed by atoms with Crippen LogP contribution in [-0.2, 0) is 0 Å². The first-order chi connectivity index (χ1) is 4.61. The maximum absolute atomic E-state index is 13.0. The number of hydrogen-bond donors (Lipinski definition) is 1. The van der Waals surface area contributed by atoms with E-state index in [-0.39, 0.29) is 12.0 Å². The average Bonchev–Trinajstić information content (AvgIpc) is 1.82. The van der Waals surface area contributed by atoms with Crippen molar-refractivity contribution in [1.82, 2.24) is 0 Å². The van der Waals surface area contributed by atoms with Crippen molar-refractivity contribution >= 4 is 0 Å². The highest BCUT2D eigenvalue weighted by Gasteiger charge is 2.31. The molecule has 0 aromatic heterocycles. The van der Waals surface area contributed by atoms with E-state index in [4.69, 9.17) is 5.73 Å². The molecular weight excluding hydrogens is 129 g/mol. The normalized spacial score (nSPS) is 49.2. The predicted molar refractivity (Wildman–Crippen MR) is 40.4 cm³/mol. The van der Waals surface area contributed by atoms with E-state index < -0.39 is 6.17 Å². The van der Waals surface area contributed by atoms with Gasteiger partial charge in [0.2, 0.25) is 0 Å². The van der Waals surface area contributed by atoms with Gasteiger partial charge >= 0.3 is 0 Å². The summed E-state index contributed by atoms with van der Waals surface area (Å²) in [5.74, 6) is 0.774. The van der Waals surface area contributed by atoms with Gasteiger partial charge in [-0.15, -0.1) is 0 Å². The fourth-order valence-electron chi connectivity index (χ4n) is 1.88. The summed E-state index contributed by atoms with van der Waals surface area (Å²) in [6, 6.07) is -0.209. The Bertz CT molecular complexity index is 104.